The standard InChI is InChI=1S/C15H22O/c1-10-5-6-12-11(2)13-7-8-14(3,4)15(12,9-10)16-13/h9,13H,5-8H2,1-4H3/t13-,15-/m1/s1. The van der Waals surface area contributed by atoms with Crippen LogP contribution in [0.2, 0.25) is 0 Å². The van der Waals surface area contributed by atoms with Crippen LogP contribution in [-0.2, 0) is 4.74 Å². The molecule has 2 aliphatic heterocycles. The van der Waals surface area contributed by atoms with Crippen molar-refractivity contribution in [3.05, 3.63) is 22.8 Å². The van der Waals surface area contributed by atoms with Gasteiger partial charge in [0.25, 0.3) is 0 Å². The Labute approximate surface area is 98.6 Å². The van der Waals surface area contributed by atoms with Crippen molar-refractivity contribution in [3.63, 3.8) is 0 Å². The van der Waals surface area contributed by atoms with Gasteiger partial charge in [-0.1, -0.05) is 19.4 Å². The molecule has 2 heterocycles. The molecule has 0 aromatic carbocycles. The summed E-state index contributed by atoms with van der Waals surface area (Å²) in [6.07, 6.45) is 7.76. The third-order valence-electron chi connectivity index (χ3n) is 4.99. The van der Waals surface area contributed by atoms with Crippen LogP contribution in [0.25, 0.3) is 0 Å². The Kier molecular flexibility index (Phi) is 1.99. The molecule has 16 heavy (non-hydrogen) atoms. The Balaban J connectivity index is 2.21. The molecule has 0 aromatic heterocycles. The summed E-state index contributed by atoms with van der Waals surface area (Å²) < 4.78 is 6.44. The summed E-state index contributed by atoms with van der Waals surface area (Å²) >= 11 is 0. The van der Waals surface area contributed by atoms with Crippen molar-refractivity contribution in [3.8, 4) is 0 Å². The average Bonchev–Trinajstić information content (AvgIpc) is 2.46. The van der Waals surface area contributed by atoms with Crippen molar-refractivity contribution >= 4 is 0 Å². The SMILES string of the molecule is CC1=C[C@]23O[C@H](CCC2(C)C)C(C)=C3CC1. The third-order valence-corrected chi connectivity index (χ3v) is 4.99. The van der Waals surface area contributed by atoms with Crippen LogP contribution in [0.1, 0.15) is 53.4 Å². The third kappa shape index (κ3) is 1.10. The van der Waals surface area contributed by atoms with Crippen molar-refractivity contribution in [2.24, 2.45) is 5.41 Å². The summed E-state index contributed by atoms with van der Waals surface area (Å²) in [5, 5.41) is 0. The van der Waals surface area contributed by atoms with E-state index in [0.717, 1.165) is 0 Å². The fourth-order valence-corrected chi connectivity index (χ4v) is 3.83. The lowest BCUT2D eigenvalue weighted by molar-refractivity contribution is -0.116. The molecule has 2 bridgehead atoms. The fraction of sp³-hybridized carbons (Fsp3) is 0.733. The maximum Gasteiger partial charge on any atom is 0.114 e. The number of hydrogen-bond acceptors (Lipinski definition) is 1. The van der Waals surface area contributed by atoms with Crippen molar-refractivity contribution < 1.29 is 4.74 Å². The summed E-state index contributed by atoms with van der Waals surface area (Å²) in [5.74, 6) is 0. The summed E-state index contributed by atoms with van der Waals surface area (Å²) in [6, 6.07) is 0. The normalized spacial score (nSPS) is 40.8. The second-order valence-corrected chi connectivity index (χ2v) is 6.42. The van der Waals surface area contributed by atoms with E-state index in [-0.39, 0.29) is 11.0 Å². The summed E-state index contributed by atoms with van der Waals surface area (Å²) in [4.78, 5) is 0. The van der Waals surface area contributed by atoms with E-state index in [1.807, 2.05) is 0 Å². The topological polar surface area (TPSA) is 9.23 Å². The molecule has 88 valence electrons. The Morgan fingerprint density at radius 1 is 1.25 bits per heavy atom. The molecule has 2 atom stereocenters. The molecule has 0 saturated carbocycles. The zero-order valence-electron chi connectivity index (χ0n) is 10.9. The highest BCUT2D eigenvalue weighted by molar-refractivity contribution is 5.44. The van der Waals surface area contributed by atoms with Crippen LogP contribution in [-0.4, -0.2) is 11.7 Å². The van der Waals surface area contributed by atoms with E-state index < -0.39 is 0 Å². The molecule has 0 aromatic rings. The van der Waals surface area contributed by atoms with Crippen molar-refractivity contribution in [2.45, 2.75) is 65.1 Å². The Morgan fingerprint density at radius 2 is 2.00 bits per heavy atom. The van der Waals surface area contributed by atoms with Crippen LogP contribution in [0.15, 0.2) is 22.8 Å². The second-order valence-electron chi connectivity index (χ2n) is 6.42. The minimum absolute atomic E-state index is 0.0532. The maximum atomic E-state index is 6.44. The van der Waals surface area contributed by atoms with Gasteiger partial charge in [-0.15, -0.1) is 0 Å². The Morgan fingerprint density at radius 3 is 2.75 bits per heavy atom. The molecule has 1 saturated heterocycles. The lowest BCUT2D eigenvalue weighted by atomic mass is 9.64. The number of fused-ring (bicyclic) bond motifs is 1. The smallest absolute Gasteiger partial charge is 0.114 e. The molecule has 1 heteroatoms. The molecule has 0 N–H and O–H groups in total. The zero-order chi connectivity index (χ0) is 11.6. The number of allylic oxidation sites excluding steroid dienone is 1. The molecular formula is C15H22O. The monoisotopic (exact) mass is 218 g/mol. The van der Waals surface area contributed by atoms with Gasteiger partial charge < -0.3 is 4.74 Å². The van der Waals surface area contributed by atoms with Gasteiger partial charge in [-0.2, -0.15) is 0 Å². The van der Waals surface area contributed by atoms with Crippen molar-refractivity contribution in [1.29, 1.82) is 0 Å². The minimum Gasteiger partial charge on any atom is -0.358 e. The maximum absolute atomic E-state index is 6.44. The van der Waals surface area contributed by atoms with Gasteiger partial charge in [0.05, 0.1) is 6.10 Å². The zero-order valence-corrected chi connectivity index (χ0v) is 10.9. The van der Waals surface area contributed by atoms with Crippen LogP contribution in [0.5, 0.6) is 0 Å². The molecule has 1 fully saturated rings. The average molecular weight is 218 g/mol. The molecule has 3 aliphatic rings. The van der Waals surface area contributed by atoms with E-state index in [4.69, 9.17) is 4.74 Å². The Bertz CT molecular complexity index is 400. The Hall–Kier alpha value is -0.560. The van der Waals surface area contributed by atoms with Crippen LogP contribution in [0.3, 0.4) is 0 Å². The lowest BCUT2D eigenvalue weighted by Crippen LogP contribution is -2.50. The van der Waals surface area contributed by atoms with Gasteiger partial charge >= 0.3 is 0 Å². The first kappa shape index (κ1) is 10.6. The van der Waals surface area contributed by atoms with E-state index >= 15 is 0 Å². The molecule has 0 amide bonds. The van der Waals surface area contributed by atoms with E-state index in [1.165, 1.54) is 36.8 Å². The summed E-state index contributed by atoms with van der Waals surface area (Å²) in [6.45, 7) is 9.29. The quantitative estimate of drug-likeness (QED) is 0.558. The van der Waals surface area contributed by atoms with Crippen LogP contribution in [0, 0.1) is 5.41 Å². The number of ether oxygens (including phenoxy) is 1. The molecular weight excluding hydrogens is 196 g/mol. The molecule has 1 aliphatic carbocycles. The van der Waals surface area contributed by atoms with E-state index in [9.17, 15) is 0 Å². The van der Waals surface area contributed by atoms with E-state index in [1.54, 1.807) is 5.57 Å². The first-order chi connectivity index (χ1) is 7.46. The van der Waals surface area contributed by atoms with Gasteiger partial charge in [0.1, 0.15) is 5.60 Å². The van der Waals surface area contributed by atoms with Crippen LogP contribution in [0.4, 0.5) is 0 Å². The van der Waals surface area contributed by atoms with Gasteiger partial charge in [-0.05, 0) is 56.8 Å². The van der Waals surface area contributed by atoms with Gasteiger partial charge in [-0.25, -0.2) is 0 Å². The van der Waals surface area contributed by atoms with Crippen LogP contribution < -0.4 is 0 Å². The van der Waals surface area contributed by atoms with Crippen LogP contribution >= 0.6 is 0 Å². The predicted molar refractivity (Wildman–Crippen MR) is 66.3 cm³/mol. The number of rotatable bonds is 0. The first-order valence-corrected chi connectivity index (χ1v) is 6.52. The fourth-order valence-electron chi connectivity index (χ4n) is 3.83. The van der Waals surface area contributed by atoms with E-state index in [0.29, 0.717) is 6.10 Å². The molecule has 0 radical (unpaired) electrons. The highest BCUT2D eigenvalue weighted by atomic mass is 16.5. The predicted octanol–water partition coefficient (Wildman–Crippen LogP) is 4.00. The molecule has 1 spiro atoms. The first-order valence-electron chi connectivity index (χ1n) is 6.52. The molecule has 0 unspecified atom stereocenters. The lowest BCUT2D eigenvalue weighted by Gasteiger charge is -2.49. The second kappa shape index (κ2) is 3.01. The summed E-state index contributed by atoms with van der Waals surface area (Å²) in [7, 11) is 0. The van der Waals surface area contributed by atoms with Gasteiger partial charge in [0.2, 0.25) is 0 Å². The molecule has 3 rings (SSSR count). The van der Waals surface area contributed by atoms with Gasteiger partial charge in [-0.3, -0.25) is 0 Å². The largest absolute Gasteiger partial charge is 0.358 e. The highest BCUT2D eigenvalue weighted by Crippen LogP contribution is 2.58. The molecule has 1 nitrogen and oxygen atoms in total. The highest BCUT2D eigenvalue weighted by Gasteiger charge is 2.57. The van der Waals surface area contributed by atoms with Gasteiger partial charge in [0.15, 0.2) is 0 Å². The van der Waals surface area contributed by atoms with Gasteiger partial charge in [0, 0.05) is 5.41 Å². The number of hydrogen-bond donors (Lipinski definition) is 0. The van der Waals surface area contributed by atoms with Crippen molar-refractivity contribution in [2.75, 3.05) is 0 Å². The van der Waals surface area contributed by atoms with E-state index in [2.05, 4.69) is 33.8 Å². The van der Waals surface area contributed by atoms with Crippen molar-refractivity contribution in [1.82, 2.24) is 0 Å². The minimum atomic E-state index is -0.0532. The summed E-state index contributed by atoms with van der Waals surface area (Å²) in [5.41, 5.74) is 4.85.